The van der Waals surface area contributed by atoms with Crippen molar-refractivity contribution in [2.75, 3.05) is 17.2 Å². The van der Waals surface area contributed by atoms with Gasteiger partial charge < -0.3 is 30.9 Å². The van der Waals surface area contributed by atoms with Crippen molar-refractivity contribution in [3.8, 4) is 0 Å². The summed E-state index contributed by atoms with van der Waals surface area (Å²) >= 11 is 0. The maximum absolute atomic E-state index is 12.3. The zero-order valence-electron chi connectivity index (χ0n) is 29.4. The van der Waals surface area contributed by atoms with Crippen LogP contribution in [0.5, 0.6) is 0 Å². The third-order valence-corrected chi connectivity index (χ3v) is 8.83. The number of aliphatic hydroxyl groups is 1. The summed E-state index contributed by atoms with van der Waals surface area (Å²) < 4.78 is 8.32. The summed E-state index contributed by atoms with van der Waals surface area (Å²) in [4.78, 5) is 44.3. The number of aromatic carboxylic acids is 1. The van der Waals surface area contributed by atoms with Gasteiger partial charge in [0, 0.05) is 40.9 Å². The van der Waals surface area contributed by atoms with Crippen molar-refractivity contribution in [2.24, 2.45) is 0 Å². The molecular formula is C37H39N9O6. The van der Waals surface area contributed by atoms with Gasteiger partial charge >= 0.3 is 11.9 Å². The minimum absolute atomic E-state index is 0.0511. The fourth-order valence-electron chi connectivity index (χ4n) is 5.67. The molecule has 6 aromatic rings. The Balaban J connectivity index is 0.000000179. The van der Waals surface area contributed by atoms with Gasteiger partial charge in [-0.2, -0.15) is 10.2 Å². The zero-order valence-corrected chi connectivity index (χ0v) is 29.4. The number of amides is 1. The number of aliphatic hydroxyl groups excluding tert-OH is 1. The maximum atomic E-state index is 12.3. The van der Waals surface area contributed by atoms with Gasteiger partial charge in [0.2, 0.25) is 0 Å². The largest absolute Gasteiger partial charge is 0.478 e. The van der Waals surface area contributed by atoms with Crippen LogP contribution in [0.15, 0.2) is 61.4 Å². The van der Waals surface area contributed by atoms with E-state index in [1.807, 2.05) is 39.0 Å². The number of anilines is 4. The van der Waals surface area contributed by atoms with Crippen LogP contribution in [0, 0.1) is 27.7 Å². The number of hydrogen-bond donors (Lipinski definition) is 5. The van der Waals surface area contributed by atoms with Gasteiger partial charge in [-0.15, -0.1) is 0 Å². The Labute approximate surface area is 298 Å². The van der Waals surface area contributed by atoms with Gasteiger partial charge in [-0.1, -0.05) is 12.1 Å². The van der Waals surface area contributed by atoms with Crippen LogP contribution in [0.4, 0.5) is 23.0 Å². The van der Waals surface area contributed by atoms with Crippen LogP contribution in [0.2, 0.25) is 0 Å². The fraction of sp³-hybridized carbons (Fsp3) is 0.270. The highest BCUT2D eigenvalue weighted by Crippen LogP contribution is 2.29. The molecule has 0 aliphatic heterocycles. The van der Waals surface area contributed by atoms with E-state index in [-0.39, 0.29) is 24.7 Å². The minimum atomic E-state index is -1.01. The number of nitrogens with zero attached hydrogens (tertiary/aromatic N) is 6. The van der Waals surface area contributed by atoms with E-state index in [1.165, 1.54) is 12.7 Å². The molecule has 5 N–H and O–H groups in total. The van der Waals surface area contributed by atoms with E-state index in [4.69, 9.17) is 4.74 Å². The molecule has 1 aliphatic carbocycles. The summed E-state index contributed by atoms with van der Waals surface area (Å²) in [6, 6.07) is 10.7. The Hall–Kier alpha value is -6.35. The number of nitrogens with one attached hydrogen (secondary N) is 3. The van der Waals surface area contributed by atoms with Gasteiger partial charge in [-0.25, -0.2) is 28.6 Å². The molecule has 4 heterocycles. The highest BCUT2D eigenvalue weighted by molar-refractivity contribution is 5.97. The molecule has 0 unspecified atom stereocenters. The molecule has 15 nitrogen and oxygen atoms in total. The molecule has 0 bridgehead atoms. The lowest BCUT2D eigenvalue weighted by Crippen LogP contribution is -2.25. The van der Waals surface area contributed by atoms with E-state index >= 15 is 0 Å². The maximum Gasteiger partial charge on any atom is 0.340 e. The molecule has 268 valence electrons. The van der Waals surface area contributed by atoms with Gasteiger partial charge in [0.25, 0.3) is 5.91 Å². The lowest BCUT2D eigenvalue weighted by Gasteiger charge is -2.12. The van der Waals surface area contributed by atoms with E-state index < -0.39 is 11.9 Å². The molecule has 15 heteroatoms. The first-order chi connectivity index (χ1) is 25.0. The molecular weight excluding hydrogens is 666 g/mol. The molecule has 0 atom stereocenters. The second kappa shape index (κ2) is 14.9. The van der Waals surface area contributed by atoms with Crippen LogP contribution in [-0.4, -0.2) is 69.9 Å². The van der Waals surface area contributed by atoms with Crippen LogP contribution < -0.4 is 16.0 Å². The van der Waals surface area contributed by atoms with Gasteiger partial charge in [0.15, 0.2) is 11.6 Å². The summed E-state index contributed by atoms with van der Waals surface area (Å²) in [5.41, 5.74) is 8.35. The van der Waals surface area contributed by atoms with Crippen molar-refractivity contribution in [1.29, 1.82) is 0 Å². The predicted molar refractivity (Wildman–Crippen MR) is 194 cm³/mol. The fourth-order valence-corrected chi connectivity index (χ4v) is 5.67. The van der Waals surface area contributed by atoms with Gasteiger partial charge in [0.05, 0.1) is 24.3 Å². The van der Waals surface area contributed by atoms with Crippen molar-refractivity contribution >= 4 is 51.9 Å². The van der Waals surface area contributed by atoms with Crippen molar-refractivity contribution < 1.29 is 29.3 Å². The quantitative estimate of drug-likeness (QED) is 0.113. The van der Waals surface area contributed by atoms with E-state index in [0.717, 1.165) is 46.3 Å². The Bertz CT molecular complexity index is 2330. The number of rotatable bonds is 10. The van der Waals surface area contributed by atoms with E-state index in [2.05, 4.69) is 36.1 Å². The van der Waals surface area contributed by atoms with Crippen LogP contribution >= 0.6 is 0 Å². The van der Waals surface area contributed by atoms with E-state index in [9.17, 15) is 24.6 Å². The molecule has 0 spiro atoms. The Morgan fingerprint density at radius 3 is 1.94 bits per heavy atom. The van der Waals surface area contributed by atoms with Crippen molar-refractivity contribution in [1.82, 2.24) is 34.5 Å². The number of aryl methyl sites for hydroxylation is 4. The molecule has 0 saturated heterocycles. The highest BCUT2D eigenvalue weighted by Gasteiger charge is 2.24. The summed E-state index contributed by atoms with van der Waals surface area (Å²) in [6.07, 6.45) is 8.33. The molecule has 1 fully saturated rings. The number of fused-ring (bicyclic) bond motifs is 2. The number of ether oxygens (including phenoxy) is 1. The second-order valence-corrected chi connectivity index (χ2v) is 12.5. The third-order valence-electron chi connectivity index (χ3n) is 8.83. The first-order valence-electron chi connectivity index (χ1n) is 16.7. The number of carbonyl (C=O) groups is 3. The van der Waals surface area contributed by atoms with Gasteiger partial charge in [-0.05, 0) is 94.0 Å². The van der Waals surface area contributed by atoms with Crippen LogP contribution in [0.3, 0.4) is 0 Å². The second-order valence-electron chi connectivity index (χ2n) is 12.5. The number of hydrogen-bond acceptors (Lipinski definition) is 11. The highest BCUT2D eigenvalue weighted by atomic mass is 16.5. The molecule has 2 aromatic carbocycles. The summed E-state index contributed by atoms with van der Waals surface area (Å²) in [6.45, 7) is 9.54. The van der Waals surface area contributed by atoms with E-state index in [0.29, 0.717) is 45.6 Å². The lowest BCUT2D eigenvalue weighted by molar-refractivity contribution is 0.0525. The average Bonchev–Trinajstić information content (AvgIpc) is 3.79. The zero-order chi connectivity index (χ0) is 37.1. The Kier molecular flexibility index (Phi) is 10.1. The van der Waals surface area contributed by atoms with Crippen molar-refractivity contribution in [3.05, 3.63) is 106 Å². The summed E-state index contributed by atoms with van der Waals surface area (Å²) in [7, 11) is 0. The molecule has 1 amide bonds. The smallest absolute Gasteiger partial charge is 0.340 e. The van der Waals surface area contributed by atoms with Crippen molar-refractivity contribution in [3.63, 3.8) is 0 Å². The van der Waals surface area contributed by atoms with E-state index in [1.54, 1.807) is 53.5 Å². The van der Waals surface area contributed by atoms with Crippen LogP contribution in [0.25, 0.3) is 11.0 Å². The average molecular weight is 706 g/mol. The molecule has 0 radical (unpaired) electrons. The number of benzene rings is 2. The number of carbonyl (C=O) groups excluding carboxylic acids is 2. The first kappa shape index (κ1) is 35.5. The minimum Gasteiger partial charge on any atom is -0.478 e. The number of esters is 1. The van der Waals surface area contributed by atoms with Gasteiger partial charge in [0.1, 0.15) is 23.7 Å². The Morgan fingerprint density at radius 2 is 1.38 bits per heavy atom. The van der Waals surface area contributed by atoms with Crippen LogP contribution in [-0.2, 0) is 11.3 Å². The number of aromatic nitrogens is 6. The lowest BCUT2D eigenvalue weighted by atomic mass is 10.1. The normalized spacial score (nSPS) is 12.3. The van der Waals surface area contributed by atoms with Gasteiger partial charge in [-0.3, -0.25) is 4.79 Å². The first-order valence-corrected chi connectivity index (χ1v) is 16.7. The summed E-state index contributed by atoms with van der Waals surface area (Å²) in [5.74, 6) is -0.376. The predicted octanol–water partition coefficient (Wildman–Crippen LogP) is 5.44. The molecule has 7 rings (SSSR count). The SMILES string of the molecule is CCOC(=O)c1cn2ncnc(Nc3cc(C(=O)O)ccc3C)c2c1C.Cc1ccc(C(=O)NC2CC2)cc1Nc1ncnn2cc(CO)c(C)c12. The third kappa shape index (κ3) is 7.39. The molecule has 4 aromatic heterocycles. The Morgan fingerprint density at radius 1 is 0.827 bits per heavy atom. The van der Waals surface area contributed by atoms with Crippen LogP contribution in [0.1, 0.15) is 78.7 Å². The number of carboxylic acid groups (broad SMARTS) is 1. The summed E-state index contributed by atoms with van der Waals surface area (Å²) in [5, 5.41) is 36.5. The molecule has 1 saturated carbocycles. The molecule has 1 aliphatic rings. The standard InChI is InChI=1S/C19H21N5O2.C18H18N4O4/c1-11-3-4-13(19(26)22-15-5-6-15)7-16(11)23-18-17-12(2)14(9-25)8-24(17)21-10-20-18;1-4-26-18(25)13-8-22-15(11(13)3)16(19-9-20-22)21-14-7-12(17(23)24)6-5-10(14)2/h3-4,7-8,10,15,25H,5-6,9H2,1-2H3,(H,22,26)(H,20,21,23);5-9H,4H2,1-3H3,(H,23,24)(H,19,20,21). The molecule has 52 heavy (non-hydrogen) atoms. The number of carboxylic acids is 1. The van der Waals surface area contributed by atoms with Crippen molar-refractivity contribution in [2.45, 2.75) is 60.1 Å². The topological polar surface area (TPSA) is 197 Å². The monoisotopic (exact) mass is 705 g/mol.